The van der Waals surface area contributed by atoms with E-state index in [1.165, 1.54) is 23.4 Å². The molecular formula is C23H29N3O4S. The Morgan fingerprint density at radius 1 is 0.968 bits per heavy atom. The van der Waals surface area contributed by atoms with Gasteiger partial charge in [-0.3, -0.25) is 9.59 Å². The van der Waals surface area contributed by atoms with Crippen molar-refractivity contribution in [3.63, 3.8) is 0 Å². The Hall–Kier alpha value is -2.71. The monoisotopic (exact) mass is 443 g/mol. The molecule has 1 heterocycles. The zero-order valence-corrected chi connectivity index (χ0v) is 18.8. The van der Waals surface area contributed by atoms with Crippen molar-refractivity contribution >= 4 is 27.5 Å². The topological polar surface area (TPSA) is 78.0 Å². The lowest BCUT2D eigenvalue weighted by atomic mass is 10.1. The Morgan fingerprint density at radius 2 is 1.65 bits per heavy atom. The molecule has 0 bridgehead atoms. The molecule has 0 unspecified atom stereocenters. The summed E-state index contributed by atoms with van der Waals surface area (Å²) in [6.45, 7) is 5.32. The van der Waals surface area contributed by atoms with E-state index in [1.54, 1.807) is 21.9 Å². The van der Waals surface area contributed by atoms with Gasteiger partial charge >= 0.3 is 0 Å². The molecule has 1 saturated heterocycles. The van der Waals surface area contributed by atoms with Crippen molar-refractivity contribution in [1.29, 1.82) is 0 Å². The van der Waals surface area contributed by atoms with Crippen LogP contribution in [-0.2, 0) is 14.8 Å². The predicted molar refractivity (Wildman–Crippen MR) is 120 cm³/mol. The van der Waals surface area contributed by atoms with E-state index in [1.807, 2.05) is 30.3 Å². The van der Waals surface area contributed by atoms with E-state index < -0.39 is 10.0 Å². The second-order valence-electron chi connectivity index (χ2n) is 7.58. The van der Waals surface area contributed by atoms with E-state index in [0.717, 1.165) is 18.5 Å². The highest BCUT2D eigenvalue weighted by Gasteiger charge is 2.30. The fraction of sp³-hybridized carbons (Fsp3) is 0.391. The van der Waals surface area contributed by atoms with Crippen LogP contribution in [0.25, 0.3) is 0 Å². The maximum absolute atomic E-state index is 13.3. The van der Waals surface area contributed by atoms with Gasteiger partial charge in [0.1, 0.15) is 0 Å². The maximum Gasteiger partial charge on any atom is 0.258 e. The summed E-state index contributed by atoms with van der Waals surface area (Å²) in [6.07, 6.45) is 1.79. The van der Waals surface area contributed by atoms with Gasteiger partial charge in [-0.1, -0.05) is 37.6 Å². The van der Waals surface area contributed by atoms with Crippen LogP contribution in [0.15, 0.2) is 59.5 Å². The average Bonchev–Trinajstić information content (AvgIpc) is 2.80. The highest BCUT2D eigenvalue weighted by molar-refractivity contribution is 7.89. The third-order valence-electron chi connectivity index (χ3n) is 5.45. The number of rotatable bonds is 7. The van der Waals surface area contributed by atoms with Gasteiger partial charge in [-0.25, -0.2) is 8.42 Å². The molecule has 0 N–H and O–H groups in total. The molecule has 0 saturated carbocycles. The summed E-state index contributed by atoms with van der Waals surface area (Å²) in [4.78, 5) is 28.2. The van der Waals surface area contributed by atoms with Crippen LogP contribution in [0.2, 0.25) is 0 Å². The van der Waals surface area contributed by atoms with E-state index in [4.69, 9.17) is 0 Å². The molecule has 31 heavy (non-hydrogen) atoms. The van der Waals surface area contributed by atoms with Gasteiger partial charge in [-0.2, -0.15) is 4.31 Å². The minimum Gasteiger partial charge on any atom is -0.340 e. The Balaban J connectivity index is 1.84. The van der Waals surface area contributed by atoms with E-state index in [9.17, 15) is 18.0 Å². The molecule has 2 amide bonds. The van der Waals surface area contributed by atoms with Gasteiger partial charge in [-0.05, 0) is 36.8 Å². The fourth-order valence-corrected chi connectivity index (χ4v) is 5.08. The van der Waals surface area contributed by atoms with Crippen molar-refractivity contribution in [2.75, 3.05) is 37.6 Å². The number of piperazine rings is 1. The van der Waals surface area contributed by atoms with Gasteiger partial charge in [0, 0.05) is 50.9 Å². The molecular weight excluding hydrogens is 414 g/mol. The van der Waals surface area contributed by atoms with Crippen molar-refractivity contribution in [2.45, 2.75) is 31.6 Å². The number of hydrogen-bond acceptors (Lipinski definition) is 4. The van der Waals surface area contributed by atoms with E-state index >= 15 is 0 Å². The Kier molecular flexibility index (Phi) is 7.46. The highest BCUT2D eigenvalue weighted by Crippen LogP contribution is 2.22. The van der Waals surface area contributed by atoms with Crippen LogP contribution >= 0.6 is 0 Å². The standard InChI is InChI=1S/C23H29N3O4S/c1-3-4-13-26(21-10-6-5-7-11-21)23(28)20-9-8-12-22(18-20)31(29,30)25-16-14-24(15-17-25)19(2)27/h5-12,18H,3-4,13-17H2,1-2H3. The summed E-state index contributed by atoms with van der Waals surface area (Å²) in [7, 11) is -3.75. The molecule has 1 fully saturated rings. The first-order valence-corrected chi connectivity index (χ1v) is 12.0. The average molecular weight is 444 g/mol. The SMILES string of the molecule is CCCCN(C(=O)c1cccc(S(=O)(=O)N2CCN(C(C)=O)CC2)c1)c1ccccc1. The molecule has 8 heteroatoms. The summed E-state index contributed by atoms with van der Waals surface area (Å²) in [5, 5.41) is 0. The number of carbonyl (C=O) groups is 2. The fourth-order valence-electron chi connectivity index (χ4n) is 3.61. The summed E-state index contributed by atoms with van der Waals surface area (Å²) in [5.74, 6) is -0.282. The number of unbranched alkanes of at least 4 members (excludes halogenated alkanes) is 1. The summed E-state index contributed by atoms with van der Waals surface area (Å²) >= 11 is 0. The predicted octanol–water partition coefficient (Wildman–Crippen LogP) is 2.99. The lowest BCUT2D eigenvalue weighted by Crippen LogP contribution is -2.49. The van der Waals surface area contributed by atoms with Gasteiger partial charge in [0.2, 0.25) is 15.9 Å². The van der Waals surface area contributed by atoms with E-state index in [2.05, 4.69) is 6.92 Å². The minimum atomic E-state index is -3.75. The zero-order valence-electron chi connectivity index (χ0n) is 18.0. The van der Waals surface area contributed by atoms with Crippen molar-refractivity contribution in [3.05, 3.63) is 60.2 Å². The smallest absolute Gasteiger partial charge is 0.258 e. The quantitative estimate of drug-likeness (QED) is 0.659. The first-order chi connectivity index (χ1) is 14.8. The number of hydrogen-bond donors (Lipinski definition) is 0. The van der Waals surface area contributed by atoms with Crippen LogP contribution in [0.5, 0.6) is 0 Å². The van der Waals surface area contributed by atoms with Crippen molar-refractivity contribution < 1.29 is 18.0 Å². The Morgan fingerprint density at radius 3 is 2.26 bits per heavy atom. The van der Waals surface area contributed by atoms with Crippen molar-refractivity contribution in [3.8, 4) is 0 Å². The van der Waals surface area contributed by atoms with E-state index in [0.29, 0.717) is 25.2 Å². The maximum atomic E-state index is 13.3. The number of amides is 2. The second kappa shape index (κ2) is 10.1. The van der Waals surface area contributed by atoms with Crippen molar-refractivity contribution in [2.24, 2.45) is 0 Å². The summed E-state index contributed by atoms with van der Waals surface area (Å²) in [6, 6.07) is 15.6. The number of carbonyl (C=O) groups excluding carboxylic acids is 2. The highest BCUT2D eigenvalue weighted by atomic mass is 32.2. The van der Waals surface area contributed by atoms with E-state index in [-0.39, 0.29) is 29.8 Å². The van der Waals surface area contributed by atoms with Gasteiger partial charge in [0.15, 0.2) is 0 Å². The van der Waals surface area contributed by atoms with Crippen LogP contribution in [0, 0.1) is 0 Å². The van der Waals surface area contributed by atoms with Crippen LogP contribution < -0.4 is 4.90 Å². The Bertz CT molecular complexity index is 1020. The number of nitrogens with zero attached hydrogens (tertiary/aromatic N) is 3. The van der Waals surface area contributed by atoms with Gasteiger partial charge in [0.25, 0.3) is 5.91 Å². The summed E-state index contributed by atoms with van der Waals surface area (Å²) < 4.78 is 27.7. The molecule has 0 aliphatic carbocycles. The van der Waals surface area contributed by atoms with Crippen LogP contribution in [0.4, 0.5) is 5.69 Å². The van der Waals surface area contributed by atoms with Crippen LogP contribution in [0.1, 0.15) is 37.0 Å². The molecule has 0 radical (unpaired) electrons. The first kappa shape index (κ1) is 23.0. The molecule has 2 aromatic carbocycles. The minimum absolute atomic E-state index is 0.0577. The largest absolute Gasteiger partial charge is 0.340 e. The number of anilines is 1. The van der Waals surface area contributed by atoms with Crippen molar-refractivity contribution in [1.82, 2.24) is 9.21 Å². The number of benzene rings is 2. The molecule has 0 spiro atoms. The van der Waals surface area contributed by atoms with Gasteiger partial charge in [-0.15, -0.1) is 0 Å². The molecule has 0 atom stereocenters. The molecule has 2 aromatic rings. The molecule has 166 valence electrons. The van der Waals surface area contributed by atoms with Gasteiger partial charge in [0.05, 0.1) is 4.90 Å². The van der Waals surface area contributed by atoms with Gasteiger partial charge < -0.3 is 9.80 Å². The normalized spacial score (nSPS) is 15.0. The zero-order chi connectivity index (χ0) is 22.4. The molecule has 7 nitrogen and oxygen atoms in total. The second-order valence-corrected chi connectivity index (χ2v) is 9.52. The lowest BCUT2D eigenvalue weighted by Gasteiger charge is -2.33. The third kappa shape index (κ3) is 5.32. The molecule has 0 aromatic heterocycles. The number of para-hydroxylation sites is 1. The van der Waals surface area contributed by atoms with Crippen LogP contribution in [-0.4, -0.2) is 62.2 Å². The summed E-state index contributed by atoms with van der Waals surface area (Å²) in [5.41, 5.74) is 1.12. The third-order valence-corrected chi connectivity index (χ3v) is 7.35. The number of sulfonamides is 1. The molecule has 1 aliphatic heterocycles. The molecule has 1 aliphatic rings. The lowest BCUT2D eigenvalue weighted by molar-refractivity contribution is -0.129. The van der Waals surface area contributed by atoms with Crippen LogP contribution in [0.3, 0.4) is 0 Å². The Labute approximate surface area is 184 Å². The first-order valence-electron chi connectivity index (χ1n) is 10.6. The molecule has 3 rings (SSSR count).